The predicted molar refractivity (Wildman–Crippen MR) is 97.4 cm³/mol. The molecule has 2 aromatic rings. The summed E-state index contributed by atoms with van der Waals surface area (Å²) in [5, 5.41) is 3.14. The van der Waals surface area contributed by atoms with Crippen LogP contribution in [0.1, 0.15) is 36.9 Å². The maximum absolute atomic E-state index is 13.0. The number of hydrogen-bond donors (Lipinski definition) is 1. The molecule has 1 heterocycles. The number of carbonyl (C=O) groups excluding carboxylic acids is 1. The minimum atomic E-state index is -0.213. The zero-order valence-electron chi connectivity index (χ0n) is 14.6. The Labute approximate surface area is 148 Å². The molecule has 0 bridgehead atoms. The first-order valence-corrected chi connectivity index (χ1v) is 8.94. The van der Waals surface area contributed by atoms with Gasteiger partial charge < -0.3 is 5.32 Å². The van der Waals surface area contributed by atoms with Crippen LogP contribution in [0.15, 0.2) is 54.6 Å². The van der Waals surface area contributed by atoms with Gasteiger partial charge in [-0.2, -0.15) is 0 Å². The van der Waals surface area contributed by atoms with Gasteiger partial charge in [-0.15, -0.1) is 0 Å². The first kappa shape index (κ1) is 17.6. The highest BCUT2D eigenvalue weighted by Gasteiger charge is 2.26. The smallest absolute Gasteiger partial charge is 0.224 e. The number of piperidine rings is 1. The van der Waals surface area contributed by atoms with E-state index in [2.05, 4.69) is 10.2 Å². The summed E-state index contributed by atoms with van der Waals surface area (Å²) in [7, 11) is 0. The summed E-state index contributed by atoms with van der Waals surface area (Å²) < 4.78 is 13.0. The molecule has 0 spiro atoms. The molecule has 1 amide bonds. The van der Waals surface area contributed by atoms with Gasteiger partial charge in [0.05, 0.1) is 12.0 Å². The Balaban J connectivity index is 1.55. The molecule has 1 aliphatic heterocycles. The molecule has 1 unspecified atom stereocenters. The molecule has 25 heavy (non-hydrogen) atoms. The highest BCUT2D eigenvalue weighted by Crippen LogP contribution is 2.20. The van der Waals surface area contributed by atoms with Gasteiger partial charge in [0.2, 0.25) is 5.91 Å². The van der Waals surface area contributed by atoms with E-state index in [1.807, 2.05) is 49.4 Å². The third kappa shape index (κ3) is 4.89. The van der Waals surface area contributed by atoms with Crippen molar-refractivity contribution in [1.82, 2.24) is 10.2 Å². The fraction of sp³-hybridized carbons (Fsp3) is 0.381. The van der Waals surface area contributed by atoms with E-state index >= 15 is 0 Å². The molecule has 1 fully saturated rings. The quantitative estimate of drug-likeness (QED) is 0.895. The highest BCUT2D eigenvalue weighted by atomic mass is 19.1. The van der Waals surface area contributed by atoms with Crippen LogP contribution in [0.4, 0.5) is 4.39 Å². The topological polar surface area (TPSA) is 32.3 Å². The molecule has 0 aromatic heterocycles. The van der Waals surface area contributed by atoms with Gasteiger partial charge in [0.1, 0.15) is 5.82 Å². The summed E-state index contributed by atoms with van der Waals surface area (Å²) in [6.07, 6.45) is 1.94. The summed E-state index contributed by atoms with van der Waals surface area (Å²) in [5.74, 6) is -0.0740. The average molecular weight is 340 g/mol. The molecule has 3 rings (SSSR count). The van der Waals surface area contributed by atoms with E-state index in [0.29, 0.717) is 0 Å². The van der Waals surface area contributed by atoms with Crippen LogP contribution in [-0.2, 0) is 11.3 Å². The van der Waals surface area contributed by atoms with Crippen LogP contribution in [0.2, 0.25) is 0 Å². The van der Waals surface area contributed by atoms with Crippen molar-refractivity contribution in [1.29, 1.82) is 0 Å². The molecule has 3 nitrogen and oxygen atoms in total. The van der Waals surface area contributed by atoms with Gasteiger partial charge in [-0.1, -0.05) is 42.5 Å². The summed E-state index contributed by atoms with van der Waals surface area (Å²) >= 11 is 0. The number of rotatable bonds is 5. The van der Waals surface area contributed by atoms with Crippen LogP contribution in [0, 0.1) is 11.7 Å². The number of likely N-dealkylation sites (tertiary alicyclic amines) is 1. The van der Waals surface area contributed by atoms with Crippen LogP contribution >= 0.6 is 0 Å². The maximum Gasteiger partial charge on any atom is 0.224 e. The van der Waals surface area contributed by atoms with Crippen molar-refractivity contribution in [2.24, 2.45) is 5.92 Å². The van der Waals surface area contributed by atoms with Crippen LogP contribution in [-0.4, -0.2) is 23.9 Å². The van der Waals surface area contributed by atoms with Crippen molar-refractivity contribution in [3.8, 4) is 0 Å². The highest BCUT2D eigenvalue weighted by molar-refractivity contribution is 5.79. The van der Waals surface area contributed by atoms with Gasteiger partial charge in [0, 0.05) is 13.1 Å². The third-order valence-electron chi connectivity index (χ3n) is 4.85. The van der Waals surface area contributed by atoms with E-state index in [1.165, 1.54) is 12.1 Å². The fourth-order valence-electron chi connectivity index (χ4n) is 3.42. The Bertz CT molecular complexity index is 687. The first-order valence-electron chi connectivity index (χ1n) is 8.94. The van der Waals surface area contributed by atoms with Crippen LogP contribution in [0.3, 0.4) is 0 Å². The Morgan fingerprint density at radius 3 is 2.64 bits per heavy atom. The van der Waals surface area contributed by atoms with Crippen molar-refractivity contribution in [2.75, 3.05) is 13.1 Å². The molecule has 1 N–H and O–H groups in total. The Morgan fingerprint density at radius 2 is 1.92 bits per heavy atom. The SMILES string of the molecule is C[C@@H](NC(=O)C1CCCN(Cc2ccc(F)cc2)C1)c1ccccc1. The summed E-state index contributed by atoms with van der Waals surface area (Å²) in [5.41, 5.74) is 2.20. The monoisotopic (exact) mass is 340 g/mol. The van der Waals surface area contributed by atoms with Gasteiger partial charge in [0.15, 0.2) is 0 Å². The third-order valence-corrected chi connectivity index (χ3v) is 4.85. The second kappa shape index (κ2) is 8.26. The summed E-state index contributed by atoms with van der Waals surface area (Å²) in [4.78, 5) is 14.9. The predicted octanol–water partition coefficient (Wildman–Crippen LogP) is 3.92. The number of halogens is 1. The number of benzene rings is 2. The fourth-order valence-corrected chi connectivity index (χ4v) is 3.42. The standard InChI is InChI=1S/C21H25FN2O/c1-16(18-6-3-2-4-7-18)23-21(25)19-8-5-13-24(15-19)14-17-9-11-20(22)12-10-17/h2-4,6-7,9-12,16,19H,5,8,13-15H2,1H3,(H,23,25)/t16-,19?/m1/s1. The molecule has 2 aromatic carbocycles. The Morgan fingerprint density at radius 1 is 1.20 bits per heavy atom. The summed E-state index contributed by atoms with van der Waals surface area (Å²) in [6, 6.07) is 16.7. The van der Waals surface area contributed by atoms with Gasteiger partial charge in [-0.05, 0) is 49.6 Å². The molecule has 4 heteroatoms. The van der Waals surface area contributed by atoms with Crippen molar-refractivity contribution < 1.29 is 9.18 Å². The van der Waals surface area contributed by atoms with E-state index in [4.69, 9.17) is 0 Å². The molecular formula is C21H25FN2O. The normalized spacial score (nSPS) is 19.4. The lowest BCUT2D eigenvalue weighted by molar-refractivity contribution is -0.127. The first-order chi connectivity index (χ1) is 12.1. The molecule has 1 saturated heterocycles. The van der Waals surface area contributed by atoms with Crippen molar-refractivity contribution in [3.63, 3.8) is 0 Å². The number of amides is 1. The van der Waals surface area contributed by atoms with E-state index in [1.54, 1.807) is 0 Å². The van der Waals surface area contributed by atoms with E-state index in [9.17, 15) is 9.18 Å². The second-order valence-corrected chi connectivity index (χ2v) is 6.84. The minimum absolute atomic E-state index is 0.0142. The van der Waals surface area contributed by atoms with Gasteiger partial charge in [-0.3, -0.25) is 9.69 Å². The van der Waals surface area contributed by atoms with Crippen LogP contribution in [0.25, 0.3) is 0 Å². The van der Waals surface area contributed by atoms with E-state index < -0.39 is 0 Å². The van der Waals surface area contributed by atoms with Crippen LogP contribution in [0.5, 0.6) is 0 Å². The number of nitrogens with zero attached hydrogens (tertiary/aromatic N) is 1. The zero-order valence-corrected chi connectivity index (χ0v) is 14.6. The van der Waals surface area contributed by atoms with Crippen molar-refractivity contribution >= 4 is 5.91 Å². The zero-order chi connectivity index (χ0) is 17.6. The molecule has 0 radical (unpaired) electrons. The van der Waals surface area contributed by atoms with Gasteiger partial charge in [0.25, 0.3) is 0 Å². The van der Waals surface area contributed by atoms with E-state index in [-0.39, 0.29) is 23.7 Å². The molecule has 0 aliphatic carbocycles. The van der Waals surface area contributed by atoms with Crippen molar-refractivity contribution in [2.45, 2.75) is 32.4 Å². The van der Waals surface area contributed by atoms with Gasteiger partial charge in [-0.25, -0.2) is 4.39 Å². The molecule has 1 aliphatic rings. The maximum atomic E-state index is 13.0. The molecule has 132 valence electrons. The van der Waals surface area contributed by atoms with Crippen molar-refractivity contribution in [3.05, 3.63) is 71.5 Å². The molecule has 0 saturated carbocycles. The average Bonchev–Trinajstić information content (AvgIpc) is 2.64. The lowest BCUT2D eigenvalue weighted by Gasteiger charge is -2.32. The lowest BCUT2D eigenvalue weighted by atomic mass is 9.96. The number of nitrogens with one attached hydrogen (secondary N) is 1. The Hall–Kier alpha value is -2.20. The molecule has 2 atom stereocenters. The second-order valence-electron chi connectivity index (χ2n) is 6.84. The number of hydrogen-bond acceptors (Lipinski definition) is 2. The van der Waals surface area contributed by atoms with E-state index in [0.717, 1.165) is 43.6 Å². The molecular weight excluding hydrogens is 315 g/mol. The van der Waals surface area contributed by atoms with Crippen LogP contribution < -0.4 is 5.32 Å². The largest absolute Gasteiger partial charge is 0.349 e. The number of carbonyl (C=O) groups is 1. The summed E-state index contributed by atoms with van der Waals surface area (Å²) in [6.45, 7) is 4.52. The minimum Gasteiger partial charge on any atom is -0.349 e. The lowest BCUT2D eigenvalue weighted by Crippen LogP contribution is -2.43. The Kier molecular flexibility index (Phi) is 5.82. The van der Waals surface area contributed by atoms with Gasteiger partial charge >= 0.3 is 0 Å².